The fourth-order valence-corrected chi connectivity index (χ4v) is 2.62. The molecule has 19 heavy (non-hydrogen) atoms. The number of hydrogen-bond acceptors (Lipinski definition) is 2. The first-order chi connectivity index (χ1) is 8.97. The summed E-state index contributed by atoms with van der Waals surface area (Å²) in [5.74, 6) is 0. The number of nitrogens with one attached hydrogen (secondary N) is 1. The van der Waals surface area contributed by atoms with Gasteiger partial charge in [-0.3, -0.25) is 0 Å². The zero-order valence-electron chi connectivity index (χ0n) is 11.8. The molecule has 0 atom stereocenters. The van der Waals surface area contributed by atoms with Gasteiger partial charge in [0.2, 0.25) is 0 Å². The summed E-state index contributed by atoms with van der Waals surface area (Å²) >= 11 is 0. The molecule has 0 bridgehead atoms. The Kier molecular flexibility index (Phi) is 7.15. The first kappa shape index (κ1) is 16.8. The summed E-state index contributed by atoms with van der Waals surface area (Å²) in [6.45, 7) is 3.44. The Bertz CT molecular complexity index is 235. The van der Waals surface area contributed by atoms with Crippen molar-refractivity contribution in [3.8, 4) is 0 Å². The van der Waals surface area contributed by atoms with Crippen LogP contribution in [-0.2, 0) is 4.74 Å². The van der Waals surface area contributed by atoms with E-state index in [0.29, 0.717) is 6.54 Å². The molecule has 1 aliphatic rings. The molecule has 0 aromatic rings. The molecule has 0 aromatic heterocycles. The van der Waals surface area contributed by atoms with Crippen LogP contribution >= 0.6 is 0 Å². The van der Waals surface area contributed by atoms with Gasteiger partial charge in [0.25, 0.3) is 0 Å². The monoisotopic (exact) mass is 281 g/mol. The second kappa shape index (κ2) is 8.10. The Morgan fingerprint density at radius 1 is 1.11 bits per heavy atom. The van der Waals surface area contributed by atoms with Crippen LogP contribution in [0.5, 0.6) is 0 Å². The zero-order chi connectivity index (χ0) is 14.2. The number of rotatable bonds is 7. The van der Waals surface area contributed by atoms with Crippen LogP contribution < -0.4 is 5.32 Å². The Hall–Kier alpha value is -0.290. The van der Waals surface area contributed by atoms with Crippen LogP contribution in [0, 0.1) is 0 Å². The Balaban J connectivity index is 2.47. The zero-order valence-corrected chi connectivity index (χ0v) is 11.8. The third-order valence-corrected chi connectivity index (χ3v) is 3.68. The van der Waals surface area contributed by atoms with Crippen molar-refractivity contribution in [2.75, 3.05) is 19.7 Å². The van der Waals surface area contributed by atoms with Crippen molar-refractivity contribution in [3.63, 3.8) is 0 Å². The van der Waals surface area contributed by atoms with E-state index in [1.807, 2.05) is 0 Å². The van der Waals surface area contributed by atoms with Gasteiger partial charge in [0, 0.05) is 6.54 Å². The van der Waals surface area contributed by atoms with Gasteiger partial charge >= 0.3 is 6.18 Å². The molecule has 1 aliphatic carbocycles. The van der Waals surface area contributed by atoms with Gasteiger partial charge in [-0.25, -0.2) is 0 Å². The van der Waals surface area contributed by atoms with Gasteiger partial charge < -0.3 is 10.1 Å². The van der Waals surface area contributed by atoms with Crippen molar-refractivity contribution in [2.45, 2.75) is 70.1 Å². The molecule has 0 heterocycles. The van der Waals surface area contributed by atoms with E-state index in [1.54, 1.807) is 0 Å². The van der Waals surface area contributed by atoms with Crippen molar-refractivity contribution in [3.05, 3.63) is 0 Å². The summed E-state index contributed by atoms with van der Waals surface area (Å²) < 4.78 is 42.4. The van der Waals surface area contributed by atoms with Gasteiger partial charge in [-0.15, -0.1) is 0 Å². The van der Waals surface area contributed by atoms with Crippen LogP contribution in [0.2, 0.25) is 0 Å². The lowest BCUT2D eigenvalue weighted by Gasteiger charge is -2.33. The maximum absolute atomic E-state index is 12.2. The molecule has 1 N–H and O–H groups in total. The van der Waals surface area contributed by atoms with Gasteiger partial charge in [0.15, 0.2) is 0 Å². The average molecular weight is 281 g/mol. The molecule has 0 unspecified atom stereocenters. The molecule has 0 aliphatic heterocycles. The summed E-state index contributed by atoms with van der Waals surface area (Å²) in [6, 6.07) is 0. The summed E-state index contributed by atoms with van der Waals surface area (Å²) in [6.07, 6.45) is 2.25. The Morgan fingerprint density at radius 3 is 2.26 bits per heavy atom. The van der Waals surface area contributed by atoms with Crippen molar-refractivity contribution in [2.24, 2.45) is 0 Å². The van der Waals surface area contributed by atoms with E-state index < -0.39 is 12.6 Å². The van der Waals surface area contributed by atoms with Gasteiger partial charge in [0.05, 0.1) is 18.6 Å². The largest absolute Gasteiger partial charge is 0.391 e. The van der Waals surface area contributed by atoms with Crippen LogP contribution in [0.4, 0.5) is 13.2 Å². The first-order valence-electron chi connectivity index (χ1n) is 7.39. The minimum absolute atomic E-state index is 0.211. The predicted octanol–water partition coefficient (Wildman–Crippen LogP) is 4.05. The third-order valence-electron chi connectivity index (χ3n) is 3.68. The third kappa shape index (κ3) is 7.16. The molecule has 1 rings (SSSR count). The predicted molar refractivity (Wildman–Crippen MR) is 70.2 cm³/mol. The van der Waals surface area contributed by atoms with Crippen molar-refractivity contribution < 1.29 is 17.9 Å². The highest BCUT2D eigenvalue weighted by atomic mass is 19.4. The normalized spacial score (nSPS) is 20.2. The number of halogens is 3. The van der Waals surface area contributed by atoms with E-state index in [2.05, 4.69) is 12.2 Å². The SMILES string of the molecule is CCCNCC1(OCCC(F)(F)F)CCCCCC1. The summed E-state index contributed by atoms with van der Waals surface area (Å²) in [5, 5.41) is 3.31. The van der Waals surface area contributed by atoms with Gasteiger partial charge in [-0.2, -0.15) is 13.2 Å². The summed E-state index contributed by atoms with van der Waals surface area (Å²) in [4.78, 5) is 0. The maximum Gasteiger partial charge on any atom is 0.391 e. The van der Waals surface area contributed by atoms with Crippen LogP contribution in [0.3, 0.4) is 0 Å². The molecule has 0 radical (unpaired) electrons. The molecule has 5 heteroatoms. The van der Waals surface area contributed by atoms with Gasteiger partial charge in [-0.1, -0.05) is 32.6 Å². The van der Waals surface area contributed by atoms with E-state index in [1.165, 1.54) is 0 Å². The fourth-order valence-electron chi connectivity index (χ4n) is 2.62. The van der Waals surface area contributed by atoms with Crippen molar-refractivity contribution >= 4 is 0 Å². The fraction of sp³-hybridized carbons (Fsp3) is 1.00. The molecular weight excluding hydrogens is 255 g/mol. The Labute approximate surface area is 114 Å². The molecule has 0 saturated heterocycles. The highest BCUT2D eigenvalue weighted by Crippen LogP contribution is 2.31. The molecule has 0 spiro atoms. The second-order valence-corrected chi connectivity index (χ2v) is 5.49. The quantitative estimate of drug-likeness (QED) is 0.561. The van der Waals surface area contributed by atoms with Gasteiger partial charge in [0.1, 0.15) is 0 Å². The molecule has 114 valence electrons. The van der Waals surface area contributed by atoms with Crippen LogP contribution in [0.15, 0.2) is 0 Å². The standard InChI is InChI=1S/C14H26F3NO/c1-2-10-18-12-13(7-5-3-4-6-8-13)19-11-9-14(15,16)17/h18H,2-12H2,1H3. The highest BCUT2D eigenvalue weighted by Gasteiger charge is 2.34. The molecule has 1 fully saturated rings. The smallest absolute Gasteiger partial charge is 0.373 e. The second-order valence-electron chi connectivity index (χ2n) is 5.49. The minimum atomic E-state index is -4.12. The summed E-state index contributed by atoms with van der Waals surface area (Å²) in [7, 11) is 0. The van der Waals surface area contributed by atoms with Crippen molar-refractivity contribution in [1.82, 2.24) is 5.32 Å². The van der Waals surface area contributed by atoms with E-state index in [9.17, 15) is 13.2 Å². The van der Waals surface area contributed by atoms with E-state index >= 15 is 0 Å². The number of ether oxygens (including phenoxy) is 1. The molecule has 0 amide bonds. The van der Waals surface area contributed by atoms with E-state index in [0.717, 1.165) is 51.5 Å². The molecule has 0 aromatic carbocycles. The van der Waals surface area contributed by atoms with E-state index in [-0.39, 0.29) is 12.2 Å². The lowest BCUT2D eigenvalue weighted by Crippen LogP contribution is -2.43. The number of alkyl halides is 3. The Morgan fingerprint density at radius 2 is 1.74 bits per heavy atom. The summed E-state index contributed by atoms with van der Waals surface area (Å²) in [5.41, 5.74) is -0.378. The maximum atomic E-state index is 12.2. The number of hydrogen-bond donors (Lipinski definition) is 1. The van der Waals surface area contributed by atoms with E-state index in [4.69, 9.17) is 4.74 Å². The van der Waals surface area contributed by atoms with Crippen LogP contribution in [0.1, 0.15) is 58.3 Å². The van der Waals surface area contributed by atoms with Crippen molar-refractivity contribution in [1.29, 1.82) is 0 Å². The van der Waals surface area contributed by atoms with Crippen LogP contribution in [-0.4, -0.2) is 31.5 Å². The first-order valence-corrected chi connectivity index (χ1v) is 7.39. The molecular formula is C14H26F3NO. The molecule has 2 nitrogen and oxygen atoms in total. The topological polar surface area (TPSA) is 21.3 Å². The lowest BCUT2D eigenvalue weighted by molar-refractivity contribution is -0.159. The van der Waals surface area contributed by atoms with Gasteiger partial charge in [-0.05, 0) is 25.8 Å². The highest BCUT2D eigenvalue weighted by molar-refractivity contribution is 4.85. The minimum Gasteiger partial charge on any atom is -0.373 e. The molecule has 1 saturated carbocycles. The average Bonchev–Trinajstić information content (AvgIpc) is 2.54. The lowest BCUT2D eigenvalue weighted by atomic mass is 9.94. The van der Waals surface area contributed by atoms with Crippen LogP contribution in [0.25, 0.3) is 0 Å².